The summed E-state index contributed by atoms with van der Waals surface area (Å²) in [5.74, 6) is 0. The SMILES string of the molecule is CC1(C)COC(=O)N1[C]=C[Si]([Si](C)(C)C)([Si](C)(C)C)[Si](C)(C)C. The van der Waals surface area contributed by atoms with Gasteiger partial charge in [-0.2, -0.15) is 0 Å². The van der Waals surface area contributed by atoms with Crippen molar-refractivity contribution in [2.24, 2.45) is 0 Å². The Morgan fingerprint density at radius 1 is 0.957 bits per heavy atom. The van der Waals surface area contributed by atoms with Gasteiger partial charge in [-0.25, -0.2) is 4.79 Å². The van der Waals surface area contributed by atoms with Gasteiger partial charge in [0.05, 0.1) is 18.4 Å². The lowest BCUT2D eigenvalue weighted by atomic mass is 10.1. The number of hydrogen-bond acceptors (Lipinski definition) is 2. The summed E-state index contributed by atoms with van der Waals surface area (Å²) in [6.45, 7) is 25.8. The molecule has 1 saturated heterocycles. The van der Waals surface area contributed by atoms with E-state index in [2.05, 4.69) is 84.7 Å². The average molecular weight is 387 g/mol. The first-order valence-electron chi connectivity index (χ1n) is 8.55. The van der Waals surface area contributed by atoms with E-state index in [4.69, 9.17) is 4.74 Å². The number of carbonyl (C=O) groups excluding carboxylic acids is 1. The number of carbonyl (C=O) groups is 1. The maximum Gasteiger partial charge on any atom is 0.415 e. The van der Waals surface area contributed by atoms with E-state index in [9.17, 15) is 4.79 Å². The van der Waals surface area contributed by atoms with Crippen LogP contribution in [0.5, 0.6) is 0 Å². The van der Waals surface area contributed by atoms with Gasteiger partial charge in [-0.3, -0.25) is 4.90 Å². The second kappa shape index (κ2) is 6.00. The van der Waals surface area contributed by atoms with Crippen LogP contribution < -0.4 is 0 Å². The zero-order valence-electron chi connectivity index (χ0n) is 17.0. The third-order valence-electron chi connectivity index (χ3n) is 5.30. The number of rotatable bonds is 5. The normalized spacial score (nSPS) is 20.3. The molecule has 0 aromatic heterocycles. The van der Waals surface area contributed by atoms with Crippen LogP contribution in [0.3, 0.4) is 0 Å². The Morgan fingerprint density at radius 2 is 1.35 bits per heavy atom. The summed E-state index contributed by atoms with van der Waals surface area (Å²) < 4.78 is 5.26. The number of ether oxygens (including phenoxy) is 1. The maximum atomic E-state index is 12.1. The minimum absolute atomic E-state index is 0.240. The van der Waals surface area contributed by atoms with Gasteiger partial charge in [-0.05, 0) is 13.8 Å². The molecule has 0 N–H and O–H groups in total. The van der Waals surface area contributed by atoms with Gasteiger partial charge in [0.1, 0.15) is 6.61 Å². The molecule has 23 heavy (non-hydrogen) atoms. The van der Waals surface area contributed by atoms with Gasteiger partial charge in [0.2, 0.25) is 0 Å². The van der Waals surface area contributed by atoms with E-state index in [-0.39, 0.29) is 11.6 Å². The molecule has 0 aromatic rings. The Kier molecular flexibility index (Phi) is 5.45. The molecule has 0 bridgehead atoms. The van der Waals surface area contributed by atoms with Crippen LogP contribution in [0.4, 0.5) is 4.79 Å². The minimum atomic E-state index is -1.63. The Labute approximate surface area is 146 Å². The van der Waals surface area contributed by atoms with Crippen molar-refractivity contribution in [1.29, 1.82) is 0 Å². The van der Waals surface area contributed by atoms with Crippen LogP contribution in [0.15, 0.2) is 5.70 Å². The van der Waals surface area contributed by atoms with Crippen molar-refractivity contribution in [2.75, 3.05) is 6.61 Å². The Hall–Kier alpha value is -0.122. The van der Waals surface area contributed by atoms with Crippen LogP contribution in [0.2, 0.25) is 58.9 Å². The number of nitrogens with zero attached hydrogens (tertiary/aromatic N) is 1. The summed E-state index contributed by atoms with van der Waals surface area (Å²) in [6.07, 6.45) is 3.24. The van der Waals surface area contributed by atoms with Gasteiger partial charge >= 0.3 is 6.09 Å². The molecule has 1 radical (unpaired) electrons. The fourth-order valence-corrected chi connectivity index (χ4v) is 98.9. The van der Waals surface area contributed by atoms with E-state index < -0.39 is 29.4 Å². The van der Waals surface area contributed by atoms with E-state index in [1.165, 1.54) is 0 Å². The fraction of sp³-hybridized carbons (Fsp3) is 0.812. The van der Waals surface area contributed by atoms with Crippen molar-refractivity contribution in [3.8, 4) is 0 Å². The molecular formula is C16H36NO2Si4. The van der Waals surface area contributed by atoms with Crippen molar-refractivity contribution >= 4 is 35.5 Å². The lowest BCUT2D eigenvalue weighted by Crippen LogP contribution is -2.82. The lowest BCUT2D eigenvalue weighted by molar-refractivity contribution is 0.165. The van der Waals surface area contributed by atoms with E-state index in [1.807, 2.05) is 0 Å². The highest BCUT2D eigenvalue weighted by Crippen LogP contribution is 2.38. The summed E-state index contributed by atoms with van der Waals surface area (Å²) in [5.41, 5.74) is 2.18. The van der Waals surface area contributed by atoms with Crippen molar-refractivity contribution < 1.29 is 9.53 Å². The van der Waals surface area contributed by atoms with Gasteiger partial charge in [-0.15, -0.1) is 0 Å². The van der Waals surface area contributed by atoms with Crippen LogP contribution in [0, 0.1) is 6.20 Å². The summed E-state index contributed by atoms with van der Waals surface area (Å²) in [7, 11) is -4.15. The topological polar surface area (TPSA) is 29.5 Å². The van der Waals surface area contributed by atoms with Crippen molar-refractivity contribution in [3.63, 3.8) is 0 Å². The van der Waals surface area contributed by atoms with Crippen molar-refractivity contribution in [2.45, 2.75) is 78.3 Å². The largest absolute Gasteiger partial charge is 0.447 e. The van der Waals surface area contributed by atoms with Gasteiger partial charge in [0, 0.05) is 22.8 Å². The van der Waals surface area contributed by atoms with Crippen LogP contribution in [0.25, 0.3) is 0 Å². The second-order valence-electron chi connectivity index (χ2n) is 10.5. The standard InChI is InChI=1S/C16H36NO2Si4/c1-16(2)14-19-15(18)17(16)12-13-23(20(3,4)5,21(6,7)8)22(9,10)11/h13H,14H2,1-11H3. The van der Waals surface area contributed by atoms with Gasteiger partial charge < -0.3 is 4.74 Å². The molecule has 133 valence electrons. The molecule has 0 aromatic carbocycles. The second-order valence-corrected chi connectivity index (χ2v) is 51.0. The average Bonchev–Trinajstić information content (AvgIpc) is 2.50. The van der Waals surface area contributed by atoms with Gasteiger partial charge in [0.25, 0.3) is 0 Å². The number of cyclic esters (lactones) is 1. The molecule has 1 rings (SSSR count). The van der Waals surface area contributed by atoms with Crippen molar-refractivity contribution in [1.82, 2.24) is 4.90 Å². The Bertz CT molecular complexity index is 460. The third-order valence-corrected chi connectivity index (χ3v) is 76.0. The first-order chi connectivity index (χ1) is 9.97. The molecule has 1 amide bonds. The Morgan fingerprint density at radius 3 is 1.61 bits per heavy atom. The summed E-state index contributed by atoms with van der Waals surface area (Å²) in [5, 5.41) is 0. The third kappa shape index (κ3) is 3.62. The highest BCUT2D eigenvalue weighted by atomic mass is 29.9. The van der Waals surface area contributed by atoms with E-state index in [1.54, 1.807) is 4.90 Å². The van der Waals surface area contributed by atoms with Crippen LogP contribution in [0.1, 0.15) is 13.8 Å². The molecule has 0 unspecified atom stereocenters. The first kappa shape index (κ1) is 20.9. The molecule has 0 spiro atoms. The smallest absolute Gasteiger partial charge is 0.415 e. The quantitative estimate of drug-likeness (QED) is 0.637. The minimum Gasteiger partial charge on any atom is -0.447 e. The molecule has 0 saturated carbocycles. The lowest BCUT2D eigenvalue weighted by Gasteiger charge is -2.55. The van der Waals surface area contributed by atoms with Crippen LogP contribution in [-0.4, -0.2) is 52.5 Å². The summed E-state index contributed by atoms with van der Waals surface area (Å²) >= 11 is 0. The molecule has 1 heterocycles. The van der Waals surface area contributed by atoms with E-state index in [0.29, 0.717) is 6.61 Å². The summed E-state index contributed by atoms with van der Waals surface area (Å²) in [6, 6.07) is 0. The van der Waals surface area contributed by atoms with Gasteiger partial charge in [0.15, 0.2) is 0 Å². The van der Waals surface area contributed by atoms with Gasteiger partial charge in [-0.1, -0.05) is 64.6 Å². The predicted molar refractivity (Wildman–Crippen MR) is 111 cm³/mol. The number of amides is 1. The predicted octanol–water partition coefficient (Wildman–Crippen LogP) is 4.77. The molecule has 3 nitrogen and oxygen atoms in total. The zero-order chi connectivity index (χ0) is 18.5. The monoisotopic (exact) mass is 386 g/mol. The molecular weight excluding hydrogens is 351 g/mol. The van der Waals surface area contributed by atoms with E-state index >= 15 is 0 Å². The summed E-state index contributed by atoms with van der Waals surface area (Å²) in [4.78, 5) is 13.8. The number of hydrogen-bond donors (Lipinski definition) is 0. The highest BCUT2D eigenvalue weighted by Gasteiger charge is 2.60. The zero-order valence-corrected chi connectivity index (χ0v) is 21.0. The van der Waals surface area contributed by atoms with Crippen LogP contribution >= 0.6 is 0 Å². The maximum absolute atomic E-state index is 12.1. The van der Waals surface area contributed by atoms with E-state index in [0.717, 1.165) is 0 Å². The highest BCUT2D eigenvalue weighted by molar-refractivity contribution is 7.90. The molecule has 1 aliphatic heterocycles. The molecule has 1 fully saturated rings. The fourth-order valence-electron chi connectivity index (χ4n) is 5.03. The molecule has 7 heteroatoms. The molecule has 0 aliphatic carbocycles. The van der Waals surface area contributed by atoms with Crippen LogP contribution in [-0.2, 0) is 4.74 Å². The molecule has 0 atom stereocenters. The van der Waals surface area contributed by atoms with Crippen molar-refractivity contribution in [3.05, 3.63) is 11.9 Å². The first-order valence-corrected chi connectivity index (χ1v) is 24.1. The Balaban J connectivity index is 3.49. The molecule has 1 aliphatic rings.